The molecule has 0 radical (unpaired) electrons. The molecule has 1 heterocycles. The number of hydrogen-bond acceptors (Lipinski definition) is 10. The van der Waals surface area contributed by atoms with Crippen molar-refractivity contribution in [2.45, 2.75) is 65.3 Å². The molecule has 0 spiro atoms. The molecule has 1 fully saturated rings. The highest BCUT2D eigenvalue weighted by molar-refractivity contribution is 5.74. The molecule has 0 aromatic rings. The largest absolute Gasteiger partial charge is 0.463 e. The van der Waals surface area contributed by atoms with Crippen LogP contribution < -0.4 is 5.32 Å². The normalized spacial score (nSPS) is 27.1. The van der Waals surface area contributed by atoms with Crippen molar-refractivity contribution in [1.29, 1.82) is 0 Å². The number of nitrogens with one attached hydrogen (secondary N) is 1. The third-order valence-electron chi connectivity index (χ3n) is 3.35. The van der Waals surface area contributed by atoms with Gasteiger partial charge in [-0.2, -0.15) is 0 Å². The monoisotopic (exact) mass is 389 g/mol. The van der Waals surface area contributed by atoms with Gasteiger partial charge in [0.05, 0.1) is 0 Å². The zero-order chi connectivity index (χ0) is 20.7. The van der Waals surface area contributed by atoms with Crippen LogP contribution in [0.5, 0.6) is 0 Å². The summed E-state index contributed by atoms with van der Waals surface area (Å²) in [6.07, 6.45) is -4.97. The molecule has 11 heteroatoms. The van der Waals surface area contributed by atoms with Gasteiger partial charge in [0.15, 0.2) is 12.2 Å². The molecular formula is C16H23NO10. The number of esters is 4. The zero-order valence-corrected chi connectivity index (χ0v) is 15.7. The molecule has 1 rings (SSSR count). The van der Waals surface area contributed by atoms with Crippen LogP contribution in [0.2, 0.25) is 0 Å². The van der Waals surface area contributed by atoms with Crippen molar-refractivity contribution >= 4 is 29.8 Å². The fraction of sp³-hybridized carbons (Fsp3) is 0.688. The van der Waals surface area contributed by atoms with Gasteiger partial charge in [0.2, 0.25) is 12.2 Å². The van der Waals surface area contributed by atoms with Gasteiger partial charge in [0, 0.05) is 34.6 Å². The van der Waals surface area contributed by atoms with Crippen LogP contribution in [0.1, 0.15) is 34.6 Å². The van der Waals surface area contributed by atoms with Crippen LogP contribution >= 0.6 is 0 Å². The molecule has 27 heavy (non-hydrogen) atoms. The Labute approximate surface area is 155 Å². The van der Waals surface area contributed by atoms with Crippen molar-refractivity contribution in [2.75, 3.05) is 6.61 Å². The van der Waals surface area contributed by atoms with E-state index in [1.807, 2.05) is 0 Å². The van der Waals surface area contributed by atoms with Crippen LogP contribution in [0.4, 0.5) is 0 Å². The molecule has 0 saturated carbocycles. The van der Waals surface area contributed by atoms with Crippen molar-refractivity contribution in [3.63, 3.8) is 0 Å². The summed E-state index contributed by atoms with van der Waals surface area (Å²) < 4.78 is 25.9. The van der Waals surface area contributed by atoms with E-state index < -0.39 is 60.4 Å². The molecule has 4 unspecified atom stereocenters. The number of carbonyl (C=O) groups is 5. The average Bonchev–Trinajstić information content (AvgIpc) is 2.49. The molecule has 0 bridgehead atoms. The molecule has 1 aliphatic rings. The fourth-order valence-electron chi connectivity index (χ4n) is 2.55. The first kappa shape index (κ1) is 22.4. The maximum Gasteiger partial charge on any atom is 0.305 e. The summed E-state index contributed by atoms with van der Waals surface area (Å²) in [5.41, 5.74) is 0. The predicted octanol–water partition coefficient (Wildman–Crippen LogP) is -0.794. The second-order valence-corrected chi connectivity index (χ2v) is 5.83. The molecule has 1 aliphatic heterocycles. The van der Waals surface area contributed by atoms with Gasteiger partial charge in [-0.05, 0) is 0 Å². The third kappa shape index (κ3) is 7.21. The van der Waals surface area contributed by atoms with E-state index in [-0.39, 0.29) is 6.61 Å². The van der Waals surface area contributed by atoms with Gasteiger partial charge < -0.3 is 29.0 Å². The standard InChI is InChI=1S/C16H23NO10/c1-7(18)17-13-15(25-10(4)21)14(24-9(3)20)12(6-23-8(2)19)27-16(13)26-11(5)22/h12-16H,6H2,1-5H3,(H,17,18)/t12?,13?,14-,15?,16?/m0/s1. The summed E-state index contributed by atoms with van der Waals surface area (Å²) >= 11 is 0. The van der Waals surface area contributed by atoms with E-state index in [0.29, 0.717) is 0 Å². The Bertz CT molecular complexity index is 604. The van der Waals surface area contributed by atoms with E-state index in [2.05, 4.69) is 5.32 Å². The van der Waals surface area contributed by atoms with Crippen molar-refractivity contribution in [2.24, 2.45) is 0 Å². The highest BCUT2D eigenvalue weighted by Gasteiger charge is 2.52. The van der Waals surface area contributed by atoms with E-state index in [1.165, 1.54) is 6.92 Å². The van der Waals surface area contributed by atoms with Gasteiger partial charge >= 0.3 is 23.9 Å². The van der Waals surface area contributed by atoms with E-state index in [0.717, 1.165) is 27.7 Å². The van der Waals surface area contributed by atoms with Crippen LogP contribution in [0.25, 0.3) is 0 Å². The minimum Gasteiger partial charge on any atom is -0.463 e. The molecule has 0 aromatic carbocycles. The summed E-state index contributed by atoms with van der Waals surface area (Å²) in [6.45, 7) is 5.36. The topological polar surface area (TPSA) is 144 Å². The van der Waals surface area contributed by atoms with Crippen LogP contribution in [0.15, 0.2) is 0 Å². The average molecular weight is 389 g/mol. The van der Waals surface area contributed by atoms with Gasteiger partial charge in [-0.3, -0.25) is 24.0 Å². The third-order valence-corrected chi connectivity index (χ3v) is 3.35. The second-order valence-electron chi connectivity index (χ2n) is 5.83. The number of rotatable bonds is 6. The van der Waals surface area contributed by atoms with Gasteiger partial charge in [0.1, 0.15) is 18.8 Å². The number of ether oxygens (including phenoxy) is 5. The molecule has 1 N–H and O–H groups in total. The van der Waals surface area contributed by atoms with E-state index in [9.17, 15) is 24.0 Å². The Kier molecular flexibility index (Phi) is 8.16. The first-order chi connectivity index (χ1) is 12.5. The van der Waals surface area contributed by atoms with Gasteiger partial charge in [-0.1, -0.05) is 0 Å². The van der Waals surface area contributed by atoms with E-state index in [1.54, 1.807) is 0 Å². The first-order valence-electron chi connectivity index (χ1n) is 8.08. The lowest BCUT2D eigenvalue weighted by Crippen LogP contribution is -2.66. The van der Waals surface area contributed by atoms with Crippen LogP contribution in [0.3, 0.4) is 0 Å². The Hall–Kier alpha value is -2.69. The predicted molar refractivity (Wildman–Crippen MR) is 85.8 cm³/mol. The summed E-state index contributed by atoms with van der Waals surface area (Å²) in [7, 11) is 0. The van der Waals surface area contributed by atoms with Crippen molar-refractivity contribution < 1.29 is 47.7 Å². The molecule has 152 valence electrons. The number of carbonyl (C=O) groups excluding carboxylic acids is 5. The summed E-state index contributed by atoms with van der Waals surface area (Å²) in [5, 5.41) is 2.46. The Balaban J connectivity index is 3.29. The highest BCUT2D eigenvalue weighted by Crippen LogP contribution is 2.28. The summed E-state index contributed by atoms with van der Waals surface area (Å²) in [4.78, 5) is 57.2. The lowest BCUT2D eigenvalue weighted by molar-refractivity contribution is -0.270. The Morgan fingerprint density at radius 2 is 1.30 bits per heavy atom. The molecular weight excluding hydrogens is 366 g/mol. The quantitative estimate of drug-likeness (QED) is 0.453. The minimum absolute atomic E-state index is 0.365. The Morgan fingerprint density at radius 1 is 0.778 bits per heavy atom. The molecule has 0 aliphatic carbocycles. The SMILES string of the molecule is CC(=O)NC1C(OC(C)=O)OC(COC(C)=O)[C@H](OC(C)=O)C1OC(C)=O. The molecule has 0 aromatic heterocycles. The summed E-state index contributed by atoms with van der Waals surface area (Å²) in [5.74, 6) is -3.34. The molecule has 1 amide bonds. The van der Waals surface area contributed by atoms with Crippen LogP contribution in [-0.4, -0.2) is 67.0 Å². The van der Waals surface area contributed by atoms with Crippen molar-refractivity contribution in [3.8, 4) is 0 Å². The van der Waals surface area contributed by atoms with Gasteiger partial charge in [0.25, 0.3) is 0 Å². The maximum atomic E-state index is 11.6. The van der Waals surface area contributed by atoms with Crippen LogP contribution in [-0.2, 0) is 47.7 Å². The summed E-state index contributed by atoms with van der Waals surface area (Å²) in [6, 6.07) is -1.16. The zero-order valence-electron chi connectivity index (χ0n) is 15.7. The fourth-order valence-corrected chi connectivity index (χ4v) is 2.55. The van der Waals surface area contributed by atoms with E-state index in [4.69, 9.17) is 23.7 Å². The highest BCUT2D eigenvalue weighted by atomic mass is 16.7. The van der Waals surface area contributed by atoms with Crippen molar-refractivity contribution in [1.82, 2.24) is 5.32 Å². The van der Waals surface area contributed by atoms with Gasteiger partial charge in [-0.15, -0.1) is 0 Å². The number of amides is 1. The van der Waals surface area contributed by atoms with Gasteiger partial charge in [-0.25, -0.2) is 0 Å². The lowest BCUT2D eigenvalue weighted by Gasteiger charge is -2.44. The first-order valence-corrected chi connectivity index (χ1v) is 8.08. The minimum atomic E-state index is -1.37. The Morgan fingerprint density at radius 3 is 1.74 bits per heavy atom. The lowest BCUT2D eigenvalue weighted by atomic mass is 9.96. The van der Waals surface area contributed by atoms with Crippen LogP contribution in [0, 0.1) is 0 Å². The maximum absolute atomic E-state index is 11.6. The van der Waals surface area contributed by atoms with E-state index >= 15 is 0 Å². The van der Waals surface area contributed by atoms with Crippen molar-refractivity contribution in [3.05, 3.63) is 0 Å². The molecule has 1 saturated heterocycles. The molecule has 11 nitrogen and oxygen atoms in total. The molecule has 5 atom stereocenters. The smallest absolute Gasteiger partial charge is 0.305 e. The second kappa shape index (κ2) is 9.86. The number of hydrogen-bond donors (Lipinski definition) is 1.